The summed E-state index contributed by atoms with van der Waals surface area (Å²) in [4.78, 5) is 2.29. The highest BCUT2D eigenvalue weighted by Crippen LogP contribution is 2.54. The molecule has 0 aliphatic heterocycles. The first-order chi connectivity index (χ1) is 22.7. The van der Waals surface area contributed by atoms with E-state index in [0.717, 1.165) is 50.1 Å². The molecule has 0 unspecified atom stereocenters. The molecule has 0 N–H and O–H groups in total. The first-order valence-electron chi connectivity index (χ1n) is 15.9. The van der Waals surface area contributed by atoms with E-state index in [-0.39, 0.29) is 5.41 Å². The van der Waals surface area contributed by atoms with Crippen molar-refractivity contribution in [2.45, 2.75) is 12.3 Å². The largest absolute Gasteiger partial charge is 0.455 e. The van der Waals surface area contributed by atoms with Crippen LogP contribution in [0.15, 0.2) is 174 Å². The van der Waals surface area contributed by atoms with Gasteiger partial charge in [-0.25, -0.2) is 0 Å². The van der Waals surface area contributed by atoms with E-state index in [2.05, 4.69) is 182 Å². The fraction of sp³-hybridized carbons (Fsp3) is 0.0455. The molecular weight excluding hydrogens is 558 g/mol. The Morgan fingerprint density at radius 1 is 0.391 bits per heavy atom. The second-order valence-electron chi connectivity index (χ2n) is 12.2. The van der Waals surface area contributed by atoms with Crippen LogP contribution in [0, 0.1) is 0 Å². The van der Waals surface area contributed by atoms with Crippen LogP contribution >= 0.6 is 0 Å². The van der Waals surface area contributed by atoms with Crippen molar-refractivity contribution in [2.75, 3.05) is 4.90 Å². The molecule has 9 rings (SSSR count). The van der Waals surface area contributed by atoms with Crippen molar-refractivity contribution in [2.24, 2.45) is 0 Å². The maximum Gasteiger partial charge on any atom is 0.143 e. The van der Waals surface area contributed by atoms with E-state index in [1.165, 1.54) is 27.8 Å². The highest BCUT2D eigenvalue weighted by atomic mass is 16.3. The van der Waals surface area contributed by atoms with Gasteiger partial charge in [-0.1, -0.05) is 133 Å². The van der Waals surface area contributed by atoms with E-state index in [1.807, 2.05) is 0 Å². The second-order valence-corrected chi connectivity index (χ2v) is 12.2. The predicted octanol–water partition coefficient (Wildman–Crippen LogP) is 12.1. The Morgan fingerprint density at radius 3 is 1.46 bits per heavy atom. The Kier molecular flexibility index (Phi) is 5.97. The average molecular weight is 590 g/mol. The molecule has 0 radical (unpaired) electrons. The average Bonchev–Trinajstić information content (AvgIpc) is 3.64. The number of hydrogen-bond acceptors (Lipinski definition) is 2. The molecule has 0 bridgehead atoms. The number of para-hydroxylation sites is 4. The number of anilines is 3. The lowest BCUT2D eigenvalue weighted by atomic mass is 9.74. The van der Waals surface area contributed by atoms with Gasteiger partial charge in [-0.2, -0.15) is 0 Å². The number of fused-ring (bicyclic) bond motifs is 6. The minimum atomic E-state index is -0.333. The Labute approximate surface area is 268 Å². The summed E-state index contributed by atoms with van der Waals surface area (Å²) in [5.74, 6) is 0. The first-order valence-corrected chi connectivity index (χ1v) is 15.9. The number of benzene rings is 7. The van der Waals surface area contributed by atoms with Crippen molar-refractivity contribution in [1.82, 2.24) is 0 Å². The summed E-state index contributed by atoms with van der Waals surface area (Å²) in [5, 5.41) is 2.28. The van der Waals surface area contributed by atoms with Crippen LogP contribution in [0.2, 0.25) is 0 Å². The van der Waals surface area contributed by atoms with Gasteiger partial charge in [0.25, 0.3) is 0 Å². The van der Waals surface area contributed by atoms with Gasteiger partial charge in [0.1, 0.15) is 11.2 Å². The minimum absolute atomic E-state index is 0.333. The molecule has 0 saturated carbocycles. The zero-order valence-electron chi connectivity index (χ0n) is 25.5. The van der Waals surface area contributed by atoms with Crippen molar-refractivity contribution < 1.29 is 4.42 Å². The van der Waals surface area contributed by atoms with Gasteiger partial charge in [-0.05, 0) is 71.1 Å². The SMILES string of the molecule is CC1(c2cccc3c2oc2c(-c4ccc(N(c5ccccc5)c5ccccc5)cc4)cccc23)c2ccccc2-c2ccccc21. The molecule has 218 valence electrons. The molecule has 8 aromatic rings. The van der Waals surface area contributed by atoms with Crippen molar-refractivity contribution in [3.05, 3.63) is 187 Å². The Bertz CT molecular complexity index is 2280. The maximum absolute atomic E-state index is 6.98. The molecule has 1 aliphatic rings. The Balaban J connectivity index is 1.19. The van der Waals surface area contributed by atoms with E-state index in [1.54, 1.807) is 0 Å². The van der Waals surface area contributed by atoms with Gasteiger partial charge in [0.05, 0.1) is 0 Å². The lowest BCUT2D eigenvalue weighted by Gasteiger charge is -2.28. The van der Waals surface area contributed by atoms with E-state index in [0.29, 0.717) is 0 Å². The lowest BCUT2D eigenvalue weighted by Crippen LogP contribution is -2.22. The van der Waals surface area contributed by atoms with Gasteiger partial charge in [-0.3, -0.25) is 0 Å². The van der Waals surface area contributed by atoms with Crippen LogP contribution in [0.4, 0.5) is 17.1 Å². The normalized spacial score (nSPS) is 13.1. The highest BCUT2D eigenvalue weighted by molar-refractivity contribution is 6.11. The summed E-state index contributed by atoms with van der Waals surface area (Å²) in [6.07, 6.45) is 0. The standard InChI is InChI=1S/C44H31NO/c1-44(39-23-10-8-18-35(39)36-19-9-11-24-40(36)44)41-25-13-22-38-37-21-12-20-34(42(37)46-43(38)41)30-26-28-33(29-27-30)45(31-14-4-2-5-15-31)32-16-6-3-7-17-32/h2-29H,1H3. The summed E-state index contributed by atoms with van der Waals surface area (Å²) in [6.45, 7) is 2.35. The highest BCUT2D eigenvalue weighted by Gasteiger charge is 2.42. The molecule has 2 nitrogen and oxygen atoms in total. The molecule has 1 aliphatic carbocycles. The molecule has 0 spiro atoms. The molecule has 0 saturated heterocycles. The summed E-state index contributed by atoms with van der Waals surface area (Å²) >= 11 is 0. The van der Waals surface area contributed by atoms with E-state index in [4.69, 9.17) is 4.42 Å². The molecule has 2 heteroatoms. The van der Waals surface area contributed by atoms with Crippen molar-refractivity contribution in [1.29, 1.82) is 0 Å². The van der Waals surface area contributed by atoms with Gasteiger partial charge in [0, 0.05) is 44.4 Å². The molecule has 1 heterocycles. The fourth-order valence-electron chi connectivity index (χ4n) is 7.58. The summed E-state index contributed by atoms with van der Waals surface area (Å²) < 4.78 is 6.98. The van der Waals surface area contributed by atoms with Crippen molar-refractivity contribution >= 4 is 39.0 Å². The Hall–Kier alpha value is -5.86. The molecular formula is C44H31NO. The van der Waals surface area contributed by atoms with Crippen LogP contribution in [-0.4, -0.2) is 0 Å². The van der Waals surface area contributed by atoms with Crippen LogP contribution in [0.3, 0.4) is 0 Å². The van der Waals surface area contributed by atoms with Crippen LogP contribution in [0.25, 0.3) is 44.2 Å². The zero-order chi connectivity index (χ0) is 30.7. The van der Waals surface area contributed by atoms with Crippen molar-refractivity contribution in [3.8, 4) is 22.3 Å². The maximum atomic E-state index is 6.98. The quantitative estimate of drug-likeness (QED) is 0.199. The minimum Gasteiger partial charge on any atom is -0.455 e. The van der Waals surface area contributed by atoms with Crippen LogP contribution in [0.1, 0.15) is 23.6 Å². The third-order valence-electron chi connectivity index (χ3n) is 9.75. The summed E-state index contributed by atoms with van der Waals surface area (Å²) in [6, 6.07) is 60.6. The smallest absolute Gasteiger partial charge is 0.143 e. The van der Waals surface area contributed by atoms with Gasteiger partial charge in [0.2, 0.25) is 0 Å². The van der Waals surface area contributed by atoms with E-state index in [9.17, 15) is 0 Å². The first kappa shape index (κ1) is 26.5. The van der Waals surface area contributed by atoms with Gasteiger partial charge >= 0.3 is 0 Å². The second kappa shape index (κ2) is 10.4. The molecule has 0 atom stereocenters. The van der Waals surface area contributed by atoms with Crippen LogP contribution < -0.4 is 4.90 Å². The molecule has 7 aromatic carbocycles. The molecule has 0 amide bonds. The van der Waals surface area contributed by atoms with E-state index >= 15 is 0 Å². The van der Waals surface area contributed by atoms with Gasteiger partial charge in [0.15, 0.2) is 0 Å². The zero-order valence-corrected chi connectivity index (χ0v) is 25.5. The number of hydrogen-bond donors (Lipinski definition) is 0. The van der Waals surface area contributed by atoms with Crippen LogP contribution in [-0.2, 0) is 5.41 Å². The third kappa shape index (κ3) is 3.90. The van der Waals surface area contributed by atoms with Gasteiger partial charge < -0.3 is 9.32 Å². The monoisotopic (exact) mass is 589 g/mol. The Morgan fingerprint density at radius 2 is 0.848 bits per heavy atom. The fourth-order valence-corrected chi connectivity index (χ4v) is 7.58. The predicted molar refractivity (Wildman–Crippen MR) is 191 cm³/mol. The summed E-state index contributed by atoms with van der Waals surface area (Å²) in [5.41, 5.74) is 13.5. The molecule has 0 fully saturated rings. The molecule has 1 aromatic heterocycles. The van der Waals surface area contributed by atoms with Crippen LogP contribution in [0.5, 0.6) is 0 Å². The molecule has 46 heavy (non-hydrogen) atoms. The number of rotatable bonds is 5. The topological polar surface area (TPSA) is 16.4 Å². The summed E-state index contributed by atoms with van der Waals surface area (Å²) in [7, 11) is 0. The number of nitrogens with zero attached hydrogens (tertiary/aromatic N) is 1. The lowest BCUT2D eigenvalue weighted by molar-refractivity contribution is 0.638. The number of furan rings is 1. The van der Waals surface area contributed by atoms with Gasteiger partial charge in [-0.15, -0.1) is 0 Å². The third-order valence-corrected chi connectivity index (χ3v) is 9.75. The van der Waals surface area contributed by atoms with Crippen molar-refractivity contribution in [3.63, 3.8) is 0 Å². The van der Waals surface area contributed by atoms with E-state index < -0.39 is 0 Å².